The summed E-state index contributed by atoms with van der Waals surface area (Å²) in [6.07, 6.45) is 10.9. The Bertz CT molecular complexity index is 296. The van der Waals surface area contributed by atoms with Gasteiger partial charge in [0.2, 0.25) is 6.41 Å². The normalized spacial score (nSPS) is 10.2. The Hall–Kier alpha value is -0.628. The van der Waals surface area contributed by atoms with E-state index in [4.69, 9.17) is 0 Å². The quantitative estimate of drug-likeness (QED) is 0.116. The van der Waals surface area contributed by atoms with Crippen LogP contribution >= 0.6 is 0 Å². The van der Waals surface area contributed by atoms with E-state index < -0.39 is 0 Å². The Morgan fingerprint density at radius 3 is 2.04 bits per heavy atom. The van der Waals surface area contributed by atoms with Crippen LogP contribution in [-0.2, 0) is 30.0 Å². The molecule has 0 fully saturated rings. The van der Waals surface area contributed by atoms with Gasteiger partial charge in [0.05, 0.1) is 12.9 Å². The largest absolute Gasteiger partial charge is 0.502 e. The first-order valence-corrected chi connectivity index (χ1v) is 9.01. The van der Waals surface area contributed by atoms with Crippen molar-refractivity contribution in [1.29, 1.82) is 0 Å². The zero-order valence-electron chi connectivity index (χ0n) is 18.5. The van der Waals surface area contributed by atoms with E-state index in [-0.39, 0.29) is 27.8 Å². The van der Waals surface area contributed by atoms with Crippen molar-refractivity contribution in [2.75, 3.05) is 34.3 Å². The summed E-state index contributed by atoms with van der Waals surface area (Å²) < 4.78 is 4.56. The molecular weight excluding hydrogens is 419 g/mol. The SMILES string of the molecule is C=C(C)OC.CCC/C=C\CCNC=O.CCCC(C)CN(C)C.[CH3-].[Pd]. The molecule has 0 spiro atoms. The predicted octanol–water partition coefficient (Wildman–Crippen LogP) is 5.08. The van der Waals surface area contributed by atoms with Gasteiger partial charge in [-0.3, -0.25) is 4.79 Å². The van der Waals surface area contributed by atoms with Crippen molar-refractivity contribution >= 4 is 6.41 Å². The Morgan fingerprint density at radius 1 is 1.19 bits per heavy atom. The van der Waals surface area contributed by atoms with E-state index in [2.05, 4.69) is 68.6 Å². The van der Waals surface area contributed by atoms with Gasteiger partial charge in [0.15, 0.2) is 0 Å². The second kappa shape index (κ2) is 32.1. The molecule has 0 radical (unpaired) electrons. The fourth-order valence-electron chi connectivity index (χ4n) is 1.84. The average Bonchev–Trinajstić information content (AvgIpc) is 2.51. The maximum atomic E-state index is 9.76. The molecule has 0 aromatic heterocycles. The average molecular weight is 464 g/mol. The number of nitrogens with one attached hydrogen (secondary N) is 1. The van der Waals surface area contributed by atoms with Gasteiger partial charge in [-0.15, -0.1) is 0 Å². The fraction of sp³-hybridized carbons (Fsp3) is 0.714. The molecule has 26 heavy (non-hydrogen) atoms. The van der Waals surface area contributed by atoms with E-state index in [0.29, 0.717) is 0 Å². The van der Waals surface area contributed by atoms with Gasteiger partial charge in [-0.25, -0.2) is 0 Å². The van der Waals surface area contributed by atoms with Crippen molar-refractivity contribution < 1.29 is 30.0 Å². The van der Waals surface area contributed by atoms with Crippen molar-refractivity contribution in [2.24, 2.45) is 5.92 Å². The molecule has 1 unspecified atom stereocenters. The van der Waals surface area contributed by atoms with Crippen LogP contribution in [0.4, 0.5) is 0 Å². The van der Waals surface area contributed by atoms with Gasteiger partial charge in [-0.2, -0.15) is 0 Å². The molecule has 0 heterocycles. The number of amides is 1. The standard InChI is InChI=1S/C8H15NO.C8H19N.C4H8O.CH3.Pd/c1-2-3-4-5-6-7-9-8-10;1-5-6-8(2)7-9(3)4;1-4(2)5-3;;/h4-5,8H,2-3,6-7H2,1H3,(H,9,10);8H,5-7H2,1-4H3;1H2,2-3H3;1H3;/q;;;-1;/b5-4-;;;;. The van der Waals surface area contributed by atoms with Crippen LogP contribution in [0.15, 0.2) is 24.5 Å². The number of nitrogens with zero attached hydrogens (tertiary/aromatic N) is 1. The van der Waals surface area contributed by atoms with Crippen molar-refractivity contribution in [3.05, 3.63) is 31.9 Å². The Balaban J connectivity index is -0.0000000856. The molecule has 0 aliphatic rings. The van der Waals surface area contributed by atoms with Gasteiger partial charge >= 0.3 is 0 Å². The molecule has 162 valence electrons. The first-order chi connectivity index (χ1) is 11.3. The van der Waals surface area contributed by atoms with Crippen LogP contribution in [0.3, 0.4) is 0 Å². The Labute approximate surface area is 178 Å². The molecule has 1 N–H and O–H groups in total. The van der Waals surface area contributed by atoms with Crippen molar-refractivity contribution in [3.8, 4) is 0 Å². The second-order valence-electron chi connectivity index (χ2n) is 6.18. The summed E-state index contributed by atoms with van der Waals surface area (Å²) in [5, 5.41) is 2.59. The second-order valence-corrected chi connectivity index (χ2v) is 6.18. The summed E-state index contributed by atoms with van der Waals surface area (Å²) in [5.41, 5.74) is 0. The first kappa shape index (κ1) is 36.3. The topological polar surface area (TPSA) is 41.6 Å². The molecule has 5 heteroatoms. The van der Waals surface area contributed by atoms with Crippen LogP contribution < -0.4 is 5.32 Å². The van der Waals surface area contributed by atoms with Crippen molar-refractivity contribution in [2.45, 2.75) is 59.8 Å². The summed E-state index contributed by atoms with van der Waals surface area (Å²) in [6.45, 7) is 13.9. The molecule has 0 rings (SSSR count). The Kier molecular flexibility index (Phi) is 44.8. The van der Waals surface area contributed by atoms with E-state index in [1.165, 1.54) is 25.8 Å². The van der Waals surface area contributed by atoms with Gasteiger partial charge in [0.25, 0.3) is 0 Å². The van der Waals surface area contributed by atoms with Gasteiger partial charge in [0, 0.05) is 33.5 Å². The van der Waals surface area contributed by atoms with E-state index in [1.54, 1.807) is 14.0 Å². The molecule has 0 aliphatic carbocycles. The van der Waals surface area contributed by atoms with Gasteiger partial charge < -0.3 is 22.4 Å². The number of carbonyl (C=O) groups is 1. The molecule has 0 aromatic carbocycles. The summed E-state index contributed by atoms with van der Waals surface area (Å²) in [6, 6.07) is 0. The molecule has 0 saturated carbocycles. The number of rotatable bonds is 11. The van der Waals surface area contributed by atoms with Crippen molar-refractivity contribution in [3.63, 3.8) is 0 Å². The van der Waals surface area contributed by atoms with Gasteiger partial charge in [-0.05, 0) is 46.2 Å². The van der Waals surface area contributed by atoms with Crippen LogP contribution in [0.2, 0.25) is 0 Å². The number of methoxy groups -OCH3 is 1. The van der Waals surface area contributed by atoms with E-state index in [9.17, 15) is 4.79 Å². The molecule has 0 bridgehead atoms. The number of allylic oxidation sites excluding steroid dienone is 2. The first-order valence-electron chi connectivity index (χ1n) is 9.01. The predicted molar refractivity (Wildman–Crippen MR) is 114 cm³/mol. The molecular formula is C21H45N2O2Pd-. The van der Waals surface area contributed by atoms with Crippen molar-refractivity contribution in [1.82, 2.24) is 10.2 Å². The maximum Gasteiger partial charge on any atom is 0.207 e. The molecule has 1 amide bonds. The Morgan fingerprint density at radius 2 is 1.69 bits per heavy atom. The minimum absolute atomic E-state index is 0. The third-order valence-electron chi connectivity index (χ3n) is 2.97. The van der Waals surface area contributed by atoms with E-state index in [1.807, 2.05) is 0 Å². The summed E-state index contributed by atoms with van der Waals surface area (Å²) in [5.74, 6) is 1.62. The maximum absolute atomic E-state index is 9.76. The zero-order valence-corrected chi connectivity index (χ0v) is 20.1. The van der Waals surface area contributed by atoms with E-state index >= 15 is 0 Å². The molecule has 0 saturated heterocycles. The number of hydrogen-bond acceptors (Lipinski definition) is 3. The number of carbonyl (C=O) groups excluding carboxylic acids is 1. The number of ether oxygens (including phenoxy) is 1. The third-order valence-corrected chi connectivity index (χ3v) is 2.97. The fourth-order valence-corrected chi connectivity index (χ4v) is 1.84. The number of unbranched alkanes of at least 4 members (excludes halogenated alkanes) is 1. The van der Waals surface area contributed by atoms with Crippen LogP contribution in [0.1, 0.15) is 59.8 Å². The van der Waals surface area contributed by atoms with Gasteiger partial charge in [0.1, 0.15) is 0 Å². The van der Waals surface area contributed by atoms with Crippen LogP contribution in [0.5, 0.6) is 0 Å². The molecule has 0 aromatic rings. The minimum atomic E-state index is 0. The van der Waals surface area contributed by atoms with Crippen LogP contribution in [0.25, 0.3) is 0 Å². The van der Waals surface area contributed by atoms with E-state index in [0.717, 1.165) is 37.5 Å². The molecule has 4 nitrogen and oxygen atoms in total. The third kappa shape index (κ3) is 49.5. The molecule has 0 aliphatic heterocycles. The van der Waals surface area contributed by atoms with Crippen LogP contribution in [-0.4, -0.2) is 45.6 Å². The monoisotopic (exact) mass is 463 g/mol. The zero-order chi connectivity index (χ0) is 19.2. The summed E-state index contributed by atoms with van der Waals surface area (Å²) >= 11 is 0. The summed E-state index contributed by atoms with van der Waals surface area (Å²) in [7, 11) is 5.86. The molecule has 1 atom stereocenters. The minimum Gasteiger partial charge on any atom is -0.502 e. The summed E-state index contributed by atoms with van der Waals surface area (Å²) in [4.78, 5) is 12.0. The van der Waals surface area contributed by atoms with Gasteiger partial charge in [-0.1, -0.05) is 52.3 Å². The number of hydrogen-bond donors (Lipinski definition) is 1. The van der Waals surface area contributed by atoms with Crippen LogP contribution in [0, 0.1) is 13.3 Å². The smallest absolute Gasteiger partial charge is 0.207 e.